The normalized spacial score (nSPS) is 10.9. The minimum atomic E-state index is -0.169. The fourth-order valence-electron chi connectivity index (χ4n) is 2.36. The lowest BCUT2D eigenvalue weighted by atomic mass is 10.2. The van der Waals surface area contributed by atoms with Gasteiger partial charge in [-0.2, -0.15) is 5.10 Å². The Morgan fingerprint density at radius 3 is 2.95 bits per heavy atom. The number of carbonyl (C=O) groups is 1. The Kier molecular flexibility index (Phi) is 3.81. The lowest BCUT2D eigenvalue weighted by Gasteiger charge is -2.06. The van der Waals surface area contributed by atoms with E-state index in [0.29, 0.717) is 17.1 Å². The molecule has 1 amide bonds. The van der Waals surface area contributed by atoms with Gasteiger partial charge in [0.1, 0.15) is 0 Å². The summed E-state index contributed by atoms with van der Waals surface area (Å²) in [4.78, 5) is 16.6. The molecule has 2 aromatic heterocycles. The first-order valence-electron chi connectivity index (χ1n) is 6.86. The molecule has 6 heteroatoms. The molecular formula is C16H15ClN4O. The van der Waals surface area contributed by atoms with Gasteiger partial charge in [-0.1, -0.05) is 23.7 Å². The molecule has 0 bridgehead atoms. The maximum absolute atomic E-state index is 12.3. The van der Waals surface area contributed by atoms with Crippen LogP contribution in [-0.2, 0) is 13.6 Å². The number of hydrogen-bond donors (Lipinski definition) is 1. The minimum Gasteiger partial charge on any atom is -0.348 e. The van der Waals surface area contributed by atoms with Crippen LogP contribution in [0.15, 0.2) is 36.5 Å². The smallest absolute Gasteiger partial charge is 0.253 e. The van der Waals surface area contributed by atoms with Crippen LogP contribution in [0.3, 0.4) is 0 Å². The number of nitrogens with zero attached hydrogens (tertiary/aromatic N) is 3. The average molecular weight is 315 g/mol. The lowest BCUT2D eigenvalue weighted by molar-refractivity contribution is 0.0950. The fraction of sp³-hybridized carbons (Fsp3) is 0.188. The van der Waals surface area contributed by atoms with E-state index in [1.54, 1.807) is 16.9 Å². The van der Waals surface area contributed by atoms with E-state index in [1.165, 1.54) is 0 Å². The Morgan fingerprint density at radius 2 is 2.18 bits per heavy atom. The summed E-state index contributed by atoms with van der Waals surface area (Å²) in [5.74, 6) is -0.169. The standard InChI is InChI=1S/C16H15ClN4O/c1-10-14-7-12(9-18-15(14)21(2)20-10)16(22)19-8-11-4-3-5-13(17)6-11/h3-7,9H,8H2,1-2H3,(H,19,22). The second kappa shape index (κ2) is 5.77. The van der Waals surface area contributed by atoms with Crippen LogP contribution >= 0.6 is 11.6 Å². The number of aryl methyl sites for hydroxylation is 2. The maximum atomic E-state index is 12.3. The predicted molar refractivity (Wildman–Crippen MR) is 85.9 cm³/mol. The second-order valence-electron chi connectivity index (χ2n) is 5.12. The van der Waals surface area contributed by atoms with E-state index < -0.39 is 0 Å². The number of aromatic nitrogens is 3. The number of hydrogen-bond acceptors (Lipinski definition) is 3. The summed E-state index contributed by atoms with van der Waals surface area (Å²) in [5, 5.41) is 8.71. The molecule has 0 aliphatic carbocycles. The van der Waals surface area contributed by atoms with E-state index in [-0.39, 0.29) is 5.91 Å². The Bertz CT molecular complexity index is 856. The van der Waals surface area contributed by atoms with E-state index in [1.807, 2.05) is 38.2 Å². The van der Waals surface area contributed by atoms with Crippen molar-refractivity contribution in [3.63, 3.8) is 0 Å². The molecule has 0 saturated carbocycles. The molecule has 0 atom stereocenters. The van der Waals surface area contributed by atoms with Gasteiger partial charge in [0.25, 0.3) is 5.91 Å². The van der Waals surface area contributed by atoms with Crippen LogP contribution in [0, 0.1) is 6.92 Å². The van der Waals surface area contributed by atoms with E-state index in [9.17, 15) is 4.79 Å². The fourth-order valence-corrected chi connectivity index (χ4v) is 2.58. The van der Waals surface area contributed by atoms with Gasteiger partial charge in [-0.25, -0.2) is 4.98 Å². The van der Waals surface area contributed by atoms with Crippen molar-refractivity contribution in [1.29, 1.82) is 0 Å². The number of benzene rings is 1. The molecule has 22 heavy (non-hydrogen) atoms. The second-order valence-corrected chi connectivity index (χ2v) is 5.55. The highest BCUT2D eigenvalue weighted by molar-refractivity contribution is 6.30. The molecule has 0 fully saturated rings. The van der Waals surface area contributed by atoms with E-state index in [0.717, 1.165) is 22.3 Å². The van der Waals surface area contributed by atoms with Crippen molar-refractivity contribution < 1.29 is 4.79 Å². The lowest BCUT2D eigenvalue weighted by Crippen LogP contribution is -2.22. The zero-order valence-corrected chi connectivity index (χ0v) is 13.1. The van der Waals surface area contributed by atoms with Gasteiger partial charge in [-0.05, 0) is 30.7 Å². The zero-order chi connectivity index (χ0) is 15.7. The van der Waals surface area contributed by atoms with Gasteiger partial charge in [0.05, 0.1) is 11.3 Å². The molecule has 0 unspecified atom stereocenters. The molecular weight excluding hydrogens is 300 g/mol. The highest BCUT2D eigenvalue weighted by Gasteiger charge is 2.11. The molecule has 5 nitrogen and oxygen atoms in total. The summed E-state index contributed by atoms with van der Waals surface area (Å²) >= 11 is 5.93. The summed E-state index contributed by atoms with van der Waals surface area (Å²) < 4.78 is 1.71. The average Bonchev–Trinajstić information content (AvgIpc) is 2.79. The van der Waals surface area contributed by atoms with Crippen molar-refractivity contribution in [3.8, 4) is 0 Å². The largest absolute Gasteiger partial charge is 0.348 e. The zero-order valence-electron chi connectivity index (χ0n) is 12.3. The maximum Gasteiger partial charge on any atom is 0.253 e. The van der Waals surface area contributed by atoms with Crippen molar-refractivity contribution in [2.24, 2.45) is 7.05 Å². The van der Waals surface area contributed by atoms with E-state index in [4.69, 9.17) is 11.6 Å². The van der Waals surface area contributed by atoms with Crippen molar-refractivity contribution in [2.75, 3.05) is 0 Å². The van der Waals surface area contributed by atoms with E-state index in [2.05, 4.69) is 15.4 Å². The molecule has 0 aliphatic rings. The molecule has 3 aromatic rings. The van der Waals surface area contributed by atoms with Gasteiger partial charge in [-0.3, -0.25) is 9.48 Å². The van der Waals surface area contributed by atoms with Crippen molar-refractivity contribution >= 4 is 28.5 Å². The third-order valence-corrected chi connectivity index (χ3v) is 3.70. The first-order chi connectivity index (χ1) is 10.5. The molecule has 1 aromatic carbocycles. The molecule has 0 aliphatic heterocycles. The summed E-state index contributed by atoms with van der Waals surface area (Å²) in [6, 6.07) is 9.22. The number of rotatable bonds is 3. The van der Waals surface area contributed by atoms with Gasteiger partial charge in [0.2, 0.25) is 0 Å². The van der Waals surface area contributed by atoms with Crippen molar-refractivity contribution in [3.05, 3.63) is 58.4 Å². The Morgan fingerprint density at radius 1 is 1.36 bits per heavy atom. The SMILES string of the molecule is Cc1nn(C)c2ncc(C(=O)NCc3cccc(Cl)c3)cc12. The Labute approximate surface area is 132 Å². The van der Waals surface area contributed by atoms with Gasteiger partial charge in [0, 0.05) is 30.2 Å². The molecule has 0 spiro atoms. The van der Waals surface area contributed by atoms with Crippen LogP contribution in [0.2, 0.25) is 5.02 Å². The number of fused-ring (bicyclic) bond motifs is 1. The molecule has 2 heterocycles. The highest BCUT2D eigenvalue weighted by Crippen LogP contribution is 2.16. The predicted octanol–water partition coefficient (Wildman–Crippen LogP) is 2.86. The minimum absolute atomic E-state index is 0.169. The first kappa shape index (κ1) is 14.5. The topological polar surface area (TPSA) is 59.8 Å². The van der Waals surface area contributed by atoms with Crippen LogP contribution in [-0.4, -0.2) is 20.7 Å². The molecule has 1 N–H and O–H groups in total. The van der Waals surface area contributed by atoms with Crippen LogP contribution in [0.1, 0.15) is 21.6 Å². The Hall–Kier alpha value is -2.40. The summed E-state index contributed by atoms with van der Waals surface area (Å²) in [6.07, 6.45) is 1.57. The van der Waals surface area contributed by atoms with Gasteiger partial charge < -0.3 is 5.32 Å². The van der Waals surface area contributed by atoms with Gasteiger partial charge >= 0.3 is 0 Å². The number of nitrogens with one attached hydrogen (secondary N) is 1. The van der Waals surface area contributed by atoms with Crippen molar-refractivity contribution in [2.45, 2.75) is 13.5 Å². The summed E-state index contributed by atoms with van der Waals surface area (Å²) in [5.41, 5.74) is 3.09. The first-order valence-corrected chi connectivity index (χ1v) is 7.24. The molecule has 3 rings (SSSR count). The third-order valence-electron chi connectivity index (χ3n) is 3.47. The molecule has 0 saturated heterocycles. The monoisotopic (exact) mass is 314 g/mol. The number of halogens is 1. The molecule has 112 valence electrons. The highest BCUT2D eigenvalue weighted by atomic mass is 35.5. The van der Waals surface area contributed by atoms with Crippen LogP contribution in [0.4, 0.5) is 0 Å². The van der Waals surface area contributed by atoms with Crippen molar-refractivity contribution in [1.82, 2.24) is 20.1 Å². The van der Waals surface area contributed by atoms with Gasteiger partial charge in [-0.15, -0.1) is 0 Å². The summed E-state index contributed by atoms with van der Waals surface area (Å²) in [7, 11) is 1.83. The summed E-state index contributed by atoms with van der Waals surface area (Å²) in [6.45, 7) is 2.32. The van der Waals surface area contributed by atoms with Crippen LogP contribution in [0.25, 0.3) is 11.0 Å². The van der Waals surface area contributed by atoms with Crippen LogP contribution < -0.4 is 5.32 Å². The number of carbonyl (C=O) groups excluding carboxylic acids is 1. The number of amides is 1. The van der Waals surface area contributed by atoms with Crippen LogP contribution in [0.5, 0.6) is 0 Å². The third kappa shape index (κ3) is 2.80. The Balaban J connectivity index is 1.79. The quantitative estimate of drug-likeness (QED) is 0.808. The van der Waals surface area contributed by atoms with E-state index >= 15 is 0 Å². The van der Waals surface area contributed by atoms with Gasteiger partial charge in [0.15, 0.2) is 5.65 Å². The molecule has 0 radical (unpaired) electrons. The number of pyridine rings is 1.